The molecule has 1 atom stereocenters. The van der Waals surface area contributed by atoms with E-state index < -0.39 is 6.17 Å². The first kappa shape index (κ1) is 26.4. The van der Waals surface area contributed by atoms with Gasteiger partial charge in [0.1, 0.15) is 23.2 Å². The van der Waals surface area contributed by atoms with Crippen LogP contribution < -0.4 is 5.32 Å². The number of rotatable bonds is 5. The maximum Gasteiger partial charge on any atom is 0.159 e. The number of hydrogen-bond donors (Lipinski definition) is 1. The van der Waals surface area contributed by atoms with Crippen LogP contribution in [0.25, 0.3) is 44.2 Å². The molecule has 0 saturated heterocycles. The van der Waals surface area contributed by atoms with E-state index in [1.54, 1.807) is 6.07 Å². The van der Waals surface area contributed by atoms with Gasteiger partial charge in [-0.1, -0.05) is 115 Å². The van der Waals surface area contributed by atoms with Gasteiger partial charge in [0, 0.05) is 27.5 Å². The van der Waals surface area contributed by atoms with E-state index in [4.69, 9.17) is 14.4 Å². The third-order valence-corrected chi connectivity index (χ3v) is 8.15. The Labute approximate surface area is 260 Å². The zero-order chi connectivity index (χ0) is 30.2. The number of fused-ring (bicyclic) bond motifs is 3. The van der Waals surface area contributed by atoms with E-state index in [-0.39, 0.29) is 0 Å². The third-order valence-electron chi connectivity index (χ3n) is 8.15. The van der Waals surface area contributed by atoms with Crippen molar-refractivity contribution in [3.63, 3.8) is 0 Å². The molecule has 1 aliphatic rings. The zero-order valence-corrected chi connectivity index (χ0v) is 24.2. The van der Waals surface area contributed by atoms with Crippen molar-refractivity contribution in [1.29, 1.82) is 5.26 Å². The van der Waals surface area contributed by atoms with Gasteiger partial charge in [0.15, 0.2) is 5.84 Å². The molecule has 212 valence electrons. The molecule has 0 aliphatic carbocycles. The molecule has 1 unspecified atom stereocenters. The van der Waals surface area contributed by atoms with E-state index in [1.165, 1.54) is 0 Å². The van der Waals surface area contributed by atoms with Crippen molar-refractivity contribution in [1.82, 2.24) is 5.32 Å². The molecule has 0 bridgehead atoms. The van der Waals surface area contributed by atoms with Gasteiger partial charge >= 0.3 is 0 Å². The van der Waals surface area contributed by atoms with E-state index in [9.17, 15) is 5.26 Å². The van der Waals surface area contributed by atoms with Gasteiger partial charge in [-0.3, -0.25) is 0 Å². The number of nitriles is 1. The Bertz CT molecular complexity index is 2310. The maximum atomic E-state index is 9.96. The first-order valence-electron chi connectivity index (χ1n) is 14.8. The number of hydrogen-bond acceptors (Lipinski definition) is 5. The summed E-state index contributed by atoms with van der Waals surface area (Å²) in [5.74, 6) is 1.32. The summed E-state index contributed by atoms with van der Waals surface area (Å²) < 4.78 is 6.22. The number of furan rings is 1. The van der Waals surface area contributed by atoms with Gasteiger partial charge in [0.2, 0.25) is 0 Å². The number of nitrogens with zero attached hydrogens (tertiary/aromatic N) is 3. The summed E-state index contributed by atoms with van der Waals surface area (Å²) in [6.45, 7) is 0. The predicted molar refractivity (Wildman–Crippen MR) is 181 cm³/mol. The van der Waals surface area contributed by atoms with Gasteiger partial charge in [0.25, 0.3) is 0 Å². The second-order valence-electron chi connectivity index (χ2n) is 11.0. The monoisotopic (exact) mass is 578 g/mol. The molecule has 0 fully saturated rings. The summed E-state index contributed by atoms with van der Waals surface area (Å²) in [6, 6.07) is 51.3. The predicted octanol–water partition coefficient (Wildman–Crippen LogP) is 9.29. The second kappa shape index (κ2) is 11.1. The van der Waals surface area contributed by atoms with Crippen molar-refractivity contribution in [2.24, 2.45) is 9.98 Å². The SMILES string of the molecule is N#Cc1cc(C2N=C(c3cccc(-c4ccccc4)c3)N=C(c3cccc(-c4ccccc4)c3)N2)c2c(c1)oc1ccccc12. The van der Waals surface area contributed by atoms with Crippen LogP contribution in [0, 0.1) is 11.3 Å². The van der Waals surface area contributed by atoms with Crippen LogP contribution >= 0.6 is 0 Å². The molecule has 5 heteroatoms. The second-order valence-corrected chi connectivity index (χ2v) is 11.0. The molecule has 0 saturated carbocycles. The van der Waals surface area contributed by atoms with E-state index in [0.29, 0.717) is 22.8 Å². The smallest absolute Gasteiger partial charge is 0.159 e. The summed E-state index contributed by atoms with van der Waals surface area (Å²) in [7, 11) is 0. The lowest BCUT2D eigenvalue weighted by Crippen LogP contribution is -2.33. The van der Waals surface area contributed by atoms with Crippen LogP contribution in [0.4, 0.5) is 0 Å². The summed E-state index contributed by atoms with van der Waals surface area (Å²) in [5, 5.41) is 15.5. The summed E-state index contributed by atoms with van der Waals surface area (Å²) >= 11 is 0. The number of amidine groups is 2. The van der Waals surface area contributed by atoms with Crippen LogP contribution in [0.15, 0.2) is 160 Å². The molecule has 45 heavy (non-hydrogen) atoms. The number of benzene rings is 6. The standard InChI is InChI=1S/C40H26N4O/c41-25-26-21-34(37-33-19-7-8-20-35(33)45-36(37)22-26)40-43-38(31-17-9-15-29(23-31)27-11-3-1-4-12-27)42-39(44-40)32-18-10-16-30(24-32)28-13-5-2-6-14-28/h1-24,40H,(H,42,43,44). The molecule has 0 amide bonds. The molecule has 1 aliphatic heterocycles. The van der Waals surface area contributed by atoms with Crippen LogP contribution in [0.3, 0.4) is 0 Å². The minimum atomic E-state index is -0.523. The highest BCUT2D eigenvalue weighted by atomic mass is 16.3. The number of nitrogens with one attached hydrogen (secondary N) is 1. The fraction of sp³-hybridized carbons (Fsp3) is 0.0250. The Morgan fingerprint density at radius 1 is 0.578 bits per heavy atom. The van der Waals surface area contributed by atoms with Gasteiger partial charge in [-0.2, -0.15) is 5.26 Å². The van der Waals surface area contributed by atoms with Gasteiger partial charge in [-0.05, 0) is 52.6 Å². The lowest BCUT2D eigenvalue weighted by Gasteiger charge is -2.24. The van der Waals surface area contributed by atoms with Crippen molar-refractivity contribution in [2.75, 3.05) is 0 Å². The summed E-state index contributed by atoms with van der Waals surface area (Å²) in [6.07, 6.45) is -0.523. The Morgan fingerprint density at radius 3 is 1.89 bits per heavy atom. The van der Waals surface area contributed by atoms with Gasteiger partial charge in [-0.15, -0.1) is 0 Å². The average molecular weight is 579 g/mol. The summed E-state index contributed by atoms with van der Waals surface area (Å²) in [4.78, 5) is 10.3. The molecule has 5 nitrogen and oxygen atoms in total. The van der Waals surface area contributed by atoms with Gasteiger partial charge < -0.3 is 9.73 Å². The van der Waals surface area contributed by atoms with E-state index in [2.05, 4.69) is 72.0 Å². The van der Waals surface area contributed by atoms with Crippen LogP contribution in [0.2, 0.25) is 0 Å². The van der Waals surface area contributed by atoms with Crippen LogP contribution in [0.1, 0.15) is 28.4 Å². The quantitative estimate of drug-likeness (QED) is 0.221. The van der Waals surface area contributed by atoms with Crippen molar-refractivity contribution in [3.8, 4) is 28.3 Å². The molecule has 1 aromatic heterocycles. The molecule has 0 spiro atoms. The highest BCUT2D eigenvalue weighted by Crippen LogP contribution is 2.37. The Hall–Kier alpha value is -6.25. The topological polar surface area (TPSA) is 73.7 Å². The first-order chi connectivity index (χ1) is 22.2. The average Bonchev–Trinajstić information content (AvgIpc) is 3.50. The van der Waals surface area contributed by atoms with Gasteiger partial charge in [-0.25, -0.2) is 9.98 Å². The zero-order valence-electron chi connectivity index (χ0n) is 24.2. The highest BCUT2D eigenvalue weighted by Gasteiger charge is 2.25. The van der Waals surface area contributed by atoms with E-state index >= 15 is 0 Å². The van der Waals surface area contributed by atoms with E-state index in [0.717, 1.165) is 55.3 Å². The normalized spacial score (nSPS) is 14.4. The Kier molecular flexibility index (Phi) is 6.51. The molecule has 2 heterocycles. The molecular formula is C40H26N4O. The largest absolute Gasteiger partial charge is 0.456 e. The van der Waals surface area contributed by atoms with Gasteiger partial charge in [0.05, 0.1) is 11.6 Å². The molecule has 1 N–H and O–H groups in total. The fourth-order valence-corrected chi connectivity index (χ4v) is 6.00. The lowest BCUT2D eigenvalue weighted by atomic mass is 9.99. The maximum absolute atomic E-state index is 9.96. The molecule has 8 rings (SSSR count). The minimum Gasteiger partial charge on any atom is -0.456 e. The highest BCUT2D eigenvalue weighted by molar-refractivity contribution is 6.14. The lowest BCUT2D eigenvalue weighted by molar-refractivity contribution is 0.662. The summed E-state index contributed by atoms with van der Waals surface area (Å²) in [5.41, 5.74) is 9.08. The minimum absolute atomic E-state index is 0.510. The molecule has 7 aromatic rings. The van der Waals surface area contributed by atoms with Crippen molar-refractivity contribution in [2.45, 2.75) is 6.17 Å². The fourth-order valence-electron chi connectivity index (χ4n) is 6.00. The van der Waals surface area contributed by atoms with E-state index in [1.807, 2.05) is 78.9 Å². The van der Waals surface area contributed by atoms with Crippen molar-refractivity contribution >= 4 is 33.6 Å². The van der Waals surface area contributed by atoms with Crippen LogP contribution in [0.5, 0.6) is 0 Å². The number of para-hydroxylation sites is 1. The third kappa shape index (κ3) is 4.95. The van der Waals surface area contributed by atoms with Crippen LogP contribution in [-0.4, -0.2) is 11.7 Å². The van der Waals surface area contributed by atoms with Crippen LogP contribution in [-0.2, 0) is 0 Å². The first-order valence-corrected chi connectivity index (χ1v) is 14.8. The molecule has 0 radical (unpaired) electrons. The number of aliphatic imine (C=N–C) groups is 2. The molecule has 6 aromatic carbocycles. The Balaban J connectivity index is 1.32. The Morgan fingerprint density at radius 2 is 1.18 bits per heavy atom. The molecular weight excluding hydrogens is 552 g/mol. The van der Waals surface area contributed by atoms with Crippen molar-refractivity contribution < 1.29 is 4.42 Å². The van der Waals surface area contributed by atoms with Crippen molar-refractivity contribution in [3.05, 3.63) is 168 Å².